The van der Waals surface area contributed by atoms with Crippen molar-refractivity contribution in [2.24, 2.45) is 12.0 Å². The van der Waals surface area contributed by atoms with E-state index in [2.05, 4.69) is 49.6 Å². The van der Waals surface area contributed by atoms with E-state index in [0.717, 1.165) is 75.4 Å². The van der Waals surface area contributed by atoms with Gasteiger partial charge in [0.1, 0.15) is 5.82 Å². The fraction of sp³-hybridized carbons (Fsp3) is 0.667. The number of aryl methyl sites for hydroxylation is 3. The van der Waals surface area contributed by atoms with E-state index in [9.17, 15) is 0 Å². The number of aliphatic imine (C=N–C) groups is 1. The number of piperazine rings is 1. The molecular weight excluding hydrogens is 360 g/mol. The van der Waals surface area contributed by atoms with Crippen molar-refractivity contribution in [3.05, 3.63) is 23.8 Å². The summed E-state index contributed by atoms with van der Waals surface area (Å²) in [6, 6.07) is 0. The molecule has 0 unspecified atom stereocenters. The summed E-state index contributed by atoms with van der Waals surface area (Å²) in [7, 11) is 1.95. The minimum absolute atomic E-state index is 0.827. The van der Waals surface area contributed by atoms with Crippen molar-refractivity contribution in [3.63, 3.8) is 0 Å². The zero-order valence-electron chi connectivity index (χ0n) is 16.6. The average Bonchev–Trinajstić information content (AvgIpc) is 3.33. The first-order valence-corrected chi connectivity index (χ1v) is 10.5. The Hall–Kier alpha value is -2.16. The molecule has 2 aromatic rings. The van der Waals surface area contributed by atoms with Crippen LogP contribution in [0.3, 0.4) is 0 Å². The summed E-state index contributed by atoms with van der Waals surface area (Å²) in [4.78, 5) is 14.1. The fourth-order valence-corrected chi connectivity index (χ4v) is 3.92. The van der Waals surface area contributed by atoms with Gasteiger partial charge in [-0.25, -0.2) is 4.98 Å². The molecule has 2 aromatic heterocycles. The molecule has 1 saturated heterocycles. The Morgan fingerprint density at radius 3 is 2.70 bits per heavy atom. The monoisotopic (exact) mass is 390 g/mol. The molecule has 3 rings (SSSR count). The molecule has 0 atom stereocenters. The smallest absolute Gasteiger partial charge is 0.205 e. The van der Waals surface area contributed by atoms with Crippen LogP contribution in [0, 0.1) is 0 Å². The Labute approximate surface area is 165 Å². The summed E-state index contributed by atoms with van der Waals surface area (Å²) in [5.74, 6) is 1.97. The van der Waals surface area contributed by atoms with E-state index in [-0.39, 0.29) is 0 Å². The van der Waals surface area contributed by atoms with Crippen LogP contribution in [-0.4, -0.2) is 69.3 Å². The summed E-state index contributed by atoms with van der Waals surface area (Å²) in [5.41, 5.74) is 1.27. The maximum absolute atomic E-state index is 4.83. The van der Waals surface area contributed by atoms with Gasteiger partial charge in [-0.05, 0) is 25.3 Å². The second-order valence-corrected chi connectivity index (χ2v) is 7.41. The van der Waals surface area contributed by atoms with E-state index in [1.54, 1.807) is 0 Å². The number of rotatable bonds is 7. The molecule has 0 radical (unpaired) electrons. The topological polar surface area (TPSA) is 74.5 Å². The van der Waals surface area contributed by atoms with E-state index >= 15 is 0 Å². The quantitative estimate of drug-likeness (QED) is 0.439. The Balaban J connectivity index is 1.49. The predicted molar refractivity (Wildman–Crippen MR) is 111 cm³/mol. The SMILES string of the molecule is CCNC(=NCCCc1cnn(C)c1)N1CCN(c2nc(CC)ns2)CC1. The Morgan fingerprint density at radius 1 is 1.26 bits per heavy atom. The maximum Gasteiger partial charge on any atom is 0.205 e. The molecule has 0 spiro atoms. The van der Waals surface area contributed by atoms with Crippen LogP contribution in [0.4, 0.5) is 5.13 Å². The van der Waals surface area contributed by atoms with Crippen LogP contribution in [0.25, 0.3) is 0 Å². The molecule has 1 aliphatic heterocycles. The standard InChI is InChI=1S/C18H30N8S/c1-4-16-22-18(27-23-16)26-11-9-25(10-12-26)17(19-5-2)20-8-6-7-15-13-21-24(3)14-15/h13-14H,4-12H2,1-3H3,(H,19,20). The van der Waals surface area contributed by atoms with E-state index < -0.39 is 0 Å². The number of hydrogen-bond acceptors (Lipinski definition) is 6. The van der Waals surface area contributed by atoms with Gasteiger partial charge in [0.2, 0.25) is 5.13 Å². The normalized spacial score (nSPS) is 15.4. The maximum atomic E-state index is 4.83. The molecule has 27 heavy (non-hydrogen) atoms. The van der Waals surface area contributed by atoms with Crippen molar-refractivity contribution in [1.82, 2.24) is 29.4 Å². The first-order valence-electron chi connectivity index (χ1n) is 9.78. The molecule has 8 nitrogen and oxygen atoms in total. The highest BCUT2D eigenvalue weighted by atomic mass is 32.1. The van der Waals surface area contributed by atoms with Gasteiger partial charge < -0.3 is 15.1 Å². The molecule has 0 bridgehead atoms. The van der Waals surface area contributed by atoms with Crippen LogP contribution in [0.2, 0.25) is 0 Å². The van der Waals surface area contributed by atoms with Crippen LogP contribution in [0.1, 0.15) is 31.7 Å². The fourth-order valence-electron chi connectivity index (χ4n) is 3.12. The van der Waals surface area contributed by atoms with Crippen molar-refractivity contribution in [3.8, 4) is 0 Å². The highest BCUT2D eigenvalue weighted by molar-refractivity contribution is 7.09. The van der Waals surface area contributed by atoms with Gasteiger partial charge in [-0.2, -0.15) is 9.47 Å². The van der Waals surface area contributed by atoms with E-state index in [1.807, 2.05) is 17.9 Å². The lowest BCUT2D eigenvalue weighted by Gasteiger charge is -2.36. The van der Waals surface area contributed by atoms with Gasteiger partial charge in [0, 0.05) is 70.5 Å². The van der Waals surface area contributed by atoms with Crippen LogP contribution in [0.5, 0.6) is 0 Å². The lowest BCUT2D eigenvalue weighted by atomic mass is 10.2. The molecule has 1 fully saturated rings. The molecule has 9 heteroatoms. The molecule has 0 amide bonds. The molecule has 3 heterocycles. The molecule has 0 saturated carbocycles. The number of anilines is 1. The number of nitrogens with one attached hydrogen (secondary N) is 1. The van der Waals surface area contributed by atoms with Gasteiger partial charge in [0.15, 0.2) is 5.96 Å². The molecule has 1 aliphatic rings. The Bertz CT molecular complexity index is 729. The Morgan fingerprint density at radius 2 is 2.07 bits per heavy atom. The minimum Gasteiger partial charge on any atom is -0.357 e. The number of nitrogens with zero attached hydrogens (tertiary/aromatic N) is 7. The zero-order chi connectivity index (χ0) is 19.1. The van der Waals surface area contributed by atoms with Crippen molar-refractivity contribution in [1.29, 1.82) is 0 Å². The second kappa shape index (κ2) is 9.68. The first kappa shape index (κ1) is 19.6. The number of hydrogen-bond donors (Lipinski definition) is 1. The van der Waals surface area contributed by atoms with Crippen molar-refractivity contribution in [2.45, 2.75) is 33.1 Å². The van der Waals surface area contributed by atoms with E-state index in [4.69, 9.17) is 4.99 Å². The summed E-state index contributed by atoms with van der Waals surface area (Å²) in [6.45, 7) is 9.75. The molecular formula is C18H30N8S. The zero-order valence-corrected chi connectivity index (χ0v) is 17.4. The highest BCUT2D eigenvalue weighted by Gasteiger charge is 2.21. The van der Waals surface area contributed by atoms with Gasteiger partial charge in [-0.1, -0.05) is 6.92 Å². The van der Waals surface area contributed by atoms with Crippen molar-refractivity contribution < 1.29 is 0 Å². The second-order valence-electron chi connectivity index (χ2n) is 6.68. The lowest BCUT2D eigenvalue weighted by Crippen LogP contribution is -2.52. The third-order valence-electron chi connectivity index (χ3n) is 4.60. The van der Waals surface area contributed by atoms with Crippen LogP contribution < -0.4 is 10.2 Å². The van der Waals surface area contributed by atoms with Gasteiger partial charge >= 0.3 is 0 Å². The molecule has 148 valence electrons. The van der Waals surface area contributed by atoms with Crippen LogP contribution in [0.15, 0.2) is 17.4 Å². The summed E-state index contributed by atoms with van der Waals surface area (Å²) in [6.07, 6.45) is 6.95. The number of aromatic nitrogens is 4. The summed E-state index contributed by atoms with van der Waals surface area (Å²) >= 11 is 1.51. The summed E-state index contributed by atoms with van der Waals surface area (Å²) in [5, 5.41) is 8.70. The number of guanidine groups is 1. The van der Waals surface area contributed by atoms with E-state index in [0.29, 0.717) is 0 Å². The predicted octanol–water partition coefficient (Wildman–Crippen LogP) is 1.55. The van der Waals surface area contributed by atoms with Gasteiger partial charge in [0.05, 0.1) is 6.20 Å². The minimum atomic E-state index is 0.827. The third kappa shape index (κ3) is 5.41. The third-order valence-corrected chi connectivity index (χ3v) is 5.42. The van der Waals surface area contributed by atoms with Gasteiger partial charge in [0.25, 0.3) is 0 Å². The van der Waals surface area contributed by atoms with Gasteiger partial charge in [-0.3, -0.25) is 9.67 Å². The summed E-state index contributed by atoms with van der Waals surface area (Å²) < 4.78 is 6.25. The highest BCUT2D eigenvalue weighted by Crippen LogP contribution is 2.19. The van der Waals surface area contributed by atoms with E-state index in [1.165, 1.54) is 17.1 Å². The molecule has 1 N–H and O–H groups in total. The lowest BCUT2D eigenvalue weighted by molar-refractivity contribution is 0.372. The largest absolute Gasteiger partial charge is 0.357 e. The van der Waals surface area contributed by atoms with Gasteiger partial charge in [-0.15, -0.1) is 0 Å². The first-order chi connectivity index (χ1) is 13.2. The molecule has 0 aliphatic carbocycles. The van der Waals surface area contributed by atoms with Crippen LogP contribution >= 0.6 is 11.5 Å². The average molecular weight is 391 g/mol. The molecule has 0 aromatic carbocycles. The Kier molecular flexibility index (Phi) is 7.03. The van der Waals surface area contributed by atoms with Crippen molar-refractivity contribution >= 4 is 22.6 Å². The van der Waals surface area contributed by atoms with Crippen molar-refractivity contribution in [2.75, 3.05) is 44.2 Å². The van der Waals surface area contributed by atoms with Crippen LogP contribution in [-0.2, 0) is 19.9 Å².